The van der Waals surface area contributed by atoms with E-state index in [2.05, 4.69) is 175 Å². The molecule has 4 aliphatic rings. The summed E-state index contributed by atoms with van der Waals surface area (Å²) in [6, 6.07) is 57.9. The van der Waals surface area contributed by atoms with Crippen LogP contribution in [-0.2, 0) is 16.6 Å². The Bertz CT molecular complexity index is 3320. The quantitative estimate of drug-likeness (QED) is 0.183. The highest BCUT2D eigenvalue weighted by Crippen LogP contribution is 2.61. The van der Waals surface area contributed by atoms with Gasteiger partial charge in [0, 0.05) is 32.1 Å². The summed E-state index contributed by atoms with van der Waals surface area (Å²) in [5.41, 5.74) is 14.9. The van der Waals surface area contributed by atoms with E-state index in [0.29, 0.717) is 22.3 Å². The van der Waals surface area contributed by atoms with Gasteiger partial charge in [0.25, 0.3) is 0 Å². The van der Waals surface area contributed by atoms with E-state index in [1.54, 1.807) is 0 Å². The van der Waals surface area contributed by atoms with Crippen LogP contribution in [0.1, 0.15) is 58.4 Å². The Morgan fingerprint density at radius 3 is 1.33 bits per heavy atom. The van der Waals surface area contributed by atoms with E-state index >= 15 is 0 Å². The van der Waals surface area contributed by atoms with E-state index in [-0.39, 0.29) is 5.41 Å². The van der Waals surface area contributed by atoms with Crippen LogP contribution in [0.5, 0.6) is 0 Å². The van der Waals surface area contributed by atoms with E-state index in [9.17, 15) is 10.2 Å². The number of halogens is 1. The van der Waals surface area contributed by atoms with Crippen molar-refractivity contribution in [3.8, 4) is 55.6 Å². The standard InChI is InChI=1S/C55H35BrO2/c1-53(2)43-20-8-7-15-35(43)42-28-49-50(29-47(42)53)55(58,45-26-23-39-34-14-6-4-12-32(34)37-17-10-19-41(45)52(37)39)48-27-30(56)21-24-46(48)54(49,57)44-25-22-38-33-13-5-3-11-31(33)36-16-9-18-40(44)51(36)38/h3-29,57-58H,1-2H3. The lowest BCUT2D eigenvalue weighted by molar-refractivity contribution is 0.0762. The first-order valence-corrected chi connectivity index (χ1v) is 20.9. The van der Waals surface area contributed by atoms with Crippen molar-refractivity contribution in [3.05, 3.63) is 213 Å². The Kier molecular flexibility index (Phi) is 6.18. The van der Waals surface area contributed by atoms with E-state index in [0.717, 1.165) is 53.8 Å². The van der Waals surface area contributed by atoms with Gasteiger partial charge in [-0.3, -0.25) is 0 Å². The Hall–Kier alpha value is -6.10. The van der Waals surface area contributed by atoms with Gasteiger partial charge in [-0.1, -0.05) is 175 Å². The minimum atomic E-state index is -1.64. The summed E-state index contributed by atoms with van der Waals surface area (Å²) >= 11 is 3.83. The van der Waals surface area contributed by atoms with Gasteiger partial charge in [0.05, 0.1) is 0 Å². The van der Waals surface area contributed by atoms with Gasteiger partial charge in [-0.15, -0.1) is 0 Å². The molecular formula is C55H35BrO2. The SMILES string of the molecule is CC1(C)c2ccccc2-c2cc3c(cc21)C(O)(c1ccc2c4c(cccc14)-c1ccccc1-2)c1cc(Br)ccc1C3(O)c1ccc2c3c(cccc13)-c1ccccc1-2. The lowest BCUT2D eigenvalue weighted by atomic mass is 9.61. The molecule has 0 heterocycles. The van der Waals surface area contributed by atoms with Crippen LogP contribution in [0.3, 0.4) is 0 Å². The highest BCUT2D eigenvalue weighted by atomic mass is 79.9. The molecule has 13 rings (SSSR count). The van der Waals surface area contributed by atoms with Crippen molar-refractivity contribution in [1.82, 2.24) is 0 Å². The summed E-state index contributed by atoms with van der Waals surface area (Å²) in [6.45, 7) is 4.56. The fourth-order valence-electron chi connectivity index (χ4n) is 11.6. The molecule has 0 aromatic heterocycles. The molecule has 274 valence electrons. The summed E-state index contributed by atoms with van der Waals surface area (Å²) in [6.07, 6.45) is 0. The van der Waals surface area contributed by atoms with E-state index in [1.165, 1.54) is 50.1 Å². The number of aliphatic hydroxyl groups is 2. The molecule has 0 saturated carbocycles. The minimum absolute atomic E-state index is 0.338. The van der Waals surface area contributed by atoms with Crippen LogP contribution in [0.15, 0.2) is 168 Å². The molecule has 9 aromatic carbocycles. The van der Waals surface area contributed by atoms with Crippen molar-refractivity contribution in [2.24, 2.45) is 0 Å². The Morgan fingerprint density at radius 1 is 0.328 bits per heavy atom. The maximum absolute atomic E-state index is 14.3. The van der Waals surface area contributed by atoms with Crippen molar-refractivity contribution < 1.29 is 10.2 Å². The van der Waals surface area contributed by atoms with Crippen LogP contribution in [0, 0.1) is 0 Å². The second-order valence-corrected chi connectivity index (χ2v) is 18.0. The molecule has 58 heavy (non-hydrogen) atoms. The Morgan fingerprint density at radius 2 is 0.759 bits per heavy atom. The van der Waals surface area contributed by atoms with E-state index in [1.807, 2.05) is 18.2 Å². The first-order valence-electron chi connectivity index (χ1n) is 20.1. The molecule has 4 aliphatic carbocycles. The topological polar surface area (TPSA) is 40.5 Å². The van der Waals surface area contributed by atoms with Crippen LogP contribution in [0.4, 0.5) is 0 Å². The zero-order chi connectivity index (χ0) is 38.9. The van der Waals surface area contributed by atoms with Crippen LogP contribution < -0.4 is 0 Å². The van der Waals surface area contributed by atoms with Gasteiger partial charge in [-0.2, -0.15) is 0 Å². The number of hydrogen-bond donors (Lipinski definition) is 2. The van der Waals surface area contributed by atoms with Crippen LogP contribution in [0.2, 0.25) is 0 Å². The van der Waals surface area contributed by atoms with Gasteiger partial charge in [0.15, 0.2) is 0 Å². The third-order valence-corrected chi connectivity index (χ3v) is 14.6. The minimum Gasteiger partial charge on any atom is -0.376 e. The molecule has 3 heteroatoms. The number of fused-ring (bicyclic) bond motifs is 11. The maximum atomic E-state index is 14.3. The molecule has 0 amide bonds. The summed E-state index contributed by atoms with van der Waals surface area (Å²) in [7, 11) is 0. The summed E-state index contributed by atoms with van der Waals surface area (Å²) in [5.74, 6) is 0. The van der Waals surface area contributed by atoms with Crippen molar-refractivity contribution in [1.29, 1.82) is 0 Å². The summed E-state index contributed by atoms with van der Waals surface area (Å²) in [5, 5.41) is 32.8. The number of hydrogen-bond acceptors (Lipinski definition) is 2. The van der Waals surface area contributed by atoms with Gasteiger partial charge < -0.3 is 10.2 Å². The molecule has 2 atom stereocenters. The predicted octanol–water partition coefficient (Wildman–Crippen LogP) is 13.2. The highest BCUT2D eigenvalue weighted by molar-refractivity contribution is 9.10. The molecule has 0 fully saturated rings. The predicted molar refractivity (Wildman–Crippen MR) is 239 cm³/mol. The maximum Gasteiger partial charge on any atom is 0.142 e. The first-order chi connectivity index (χ1) is 28.2. The number of benzene rings is 9. The molecule has 2 N–H and O–H groups in total. The van der Waals surface area contributed by atoms with Crippen LogP contribution in [0.25, 0.3) is 77.2 Å². The lowest BCUT2D eigenvalue weighted by Gasteiger charge is -2.46. The van der Waals surface area contributed by atoms with Crippen molar-refractivity contribution in [3.63, 3.8) is 0 Å². The Balaban J connectivity index is 1.18. The smallest absolute Gasteiger partial charge is 0.142 e. The zero-order valence-electron chi connectivity index (χ0n) is 31.9. The van der Waals surface area contributed by atoms with Crippen molar-refractivity contribution in [2.75, 3.05) is 0 Å². The third kappa shape index (κ3) is 3.77. The van der Waals surface area contributed by atoms with Gasteiger partial charge in [-0.25, -0.2) is 0 Å². The molecule has 2 unspecified atom stereocenters. The average molecular weight is 808 g/mol. The average Bonchev–Trinajstić information content (AvgIpc) is 3.84. The molecule has 0 radical (unpaired) electrons. The van der Waals surface area contributed by atoms with E-state index < -0.39 is 11.2 Å². The normalized spacial score (nSPS) is 19.4. The lowest BCUT2D eigenvalue weighted by Crippen LogP contribution is -2.44. The van der Waals surface area contributed by atoms with Gasteiger partial charge in [0.2, 0.25) is 0 Å². The Labute approximate surface area is 344 Å². The summed E-state index contributed by atoms with van der Waals surface area (Å²) < 4.78 is 0.832. The van der Waals surface area contributed by atoms with Crippen molar-refractivity contribution >= 4 is 37.5 Å². The molecule has 2 nitrogen and oxygen atoms in total. The zero-order valence-corrected chi connectivity index (χ0v) is 33.4. The molecule has 0 saturated heterocycles. The highest BCUT2D eigenvalue weighted by Gasteiger charge is 2.54. The second kappa shape index (κ2) is 10.9. The monoisotopic (exact) mass is 806 g/mol. The molecule has 9 aromatic rings. The van der Waals surface area contributed by atoms with Crippen LogP contribution >= 0.6 is 15.9 Å². The summed E-state index contributed by atoms with van der Waals surface area (Å²) in [4.78, 5) is 0. The fourth-order valence-corrected chi connectivity index (χ4v) is 12.0. The van der Waals surface area contributed by atoms with E-state index in [4.69, 9.17) is 0 Å². The molecule has 0 spiro atoms. The first kappa shape index (κ1) is 32.9. The molecule has 0 aliphatic heterocycles. The largest absolute Gasteiger partial charge is 0.376 e. The third-order valence-electron chi connectivity index (χ3n) is 14.1. The van der Waals surface area contributed by atoms with Gasteiger partial charge in [0.1, 0.15) is 11.2 Å². The van der Waals surface area contributed by atoms with Crippen LogP contribution in [-0.4, -0.2) is 10.2 Å². The van der Waals surface area contributed by atoms with Crippen molar-refractivity contribution in [2.45, 2.75) is 30.5 Å². The number of rotatable bonds is 2. The molecular weight excluding hydrogens is 773 g/mol. The fraction of sp³-hybridized carbons (Fsp3) is 0.0909. The van der Waals surface area contributed by atoms with Gasteiger partial charge in [-0.05, 0) is 118 Å². The molecule has 0 bridgehead atoms. The van der Waals surface area contributed by atoms with Gasteiger partial charge >= 0.3 is 0 Å². The second-order valence-electron chi connectivity index (χ2n) is 17.1.